The van der Waals surface area contributed by atoms with Gasteiger partial charge in [0.15, 0.2) is 0 Å². The van der Waals surface area contributed by atoms with Gasteiger partial charge in [-0.2, -0.15) is 0 Å². The van der Waals surface area contributed by atoms with Gasteiger partial charge in [-0.25, -0.2) is 4.31 Å². The highest BCUT2D eigenvalue weighted by Gasteiger charge is 2.11. The van der Waals surface area contributed by atoms with Crippen LogP contribution in [0.25, 0.3) is 0 Å². The third-order valence-corrected chi connectivity index (χ3v) is 3.77. The lowest BCUT2D eigenvalue weighted by atomic mass is 10.1. The Morgan fingerprint density at radius 1 is 1.13 bits per heavy atom. The summed E-state index contributed by atoms with van der Waals surface area (Å²) in [5.41, 5.74) is 2.73. The maximum atomic E-state index is 5.33. The molecular weight excluding hydrogens is 206 g/mol. The number of aryl methyl sites for hydroxylation is 2. The van der Waals surface area contributed by atoms with Gasteiger partial charge in [0.05, 0.1) is 13.2 Å². The molecule has 0 N–H and O–H groups in total. The summed E-state index contributed by atoms with van der Waals surface area (Å²) in [6.45, 7) is 8.09. The van der Waals surface area contributed by atoms with E-state index in [1.54, 1.807) is 0 Å². The summed E-state index contributed by atoms with van der Waals surface area (Å²) in [6.07, 6.45) is 0. The quantitative estimate of drug-likeness (QED) is 0.715. The van der Waals surface area contributed by atoms with Crippen molar-refractivity contribution < 1.29 is 4.74 Å². The maximum absolute atomic E-state index is 5.33. The zero-order valence-corrected chi connectivity index (χ0v) is 10.1. The van der Waals surface area contributed by atoms with Crippen LogP contribution < -0.4 is 0 Å². The van der Waals surface area contributed by atoms with E-state index in [1.165, 1.54) is 16.0 Å². The van der Waals surface area contributed by atoms with Crippen LogP contribution in [-0.4, -0.2) is 30.6 Å². The molecule has 0 radical (unpaired) electrons. The fraction of sp³-hybridized carbons (Fsp3) is 0.500. The zero-order chi connectivity index (χ0) is 10.7. The average Bonchev–Trinajstić information content (AvgIpc) is 2.25. The normalized spacial score (nSPS) is 18.0. The molecule has 15 heavy (non-hydrogen) atoms. The van der Waals surface area contributed by atoms with Crippen molar-refractivity contribution in [3.63, 3.8) is 0 Å². The first kappa shape index (κ1) is 11.0. The third kappa shape index (κ3) is 2.97. The largest absolute Gasteiger partial charge is 0.379 e. The molecule has 0 saturated carbocycles. The van der Waals surface area contributed by atoms with Crippen LogP contribution in [0.2, 0.25) is 0 Å². The molecule has 0 amide bonds. The Bertz CT molecular complexity index is 334. The second kappa shape index (κ2) is 5.01. The summed E-state index contributed by atoms with van der Waals surface area (Å²) in [7, 11) is 0. The molecule has 0 spiro atoms. The molecule has 1 fully saturated rings. The molecular formula is C12H17NOS. The van der Waals surface area contributed by atoms with Gasteiger partial charge in [0.25, 0.3) is 0 Å². The van der Waals surface area contributed by atoms with Crippen molar-refractivity contribution in [3.05, 3.63) is 29.3 Å². The molecule has 0 atom stereocenters. The standard InChI is InChI=1S/C12H17NOS/c1-10-3-4-12(9-11(10)2)15-13-5-7-14-8-6-13/h3-4,9H,5-8H2,1-2H3. The minimum Gasteiger partial charge on any atom is -0.379 e. The summed E-state index contributed by atoms with van der Waals surface area (Å²) < 4.78 is 7.69. The third-order valence-electron chi connectivity index (χ3n) is 2.68. The van der Waals surface area contributed by atoms with Crippen molar-refractivity contribution in [1.82, 2.24) is 4.31 Å². The van der Waals surface area contributed by atoms with Gasteiger partial charge in [0.2, 0.25) is 0 Å². The summed E-state index contributed by atoms with van der Waals surface area (Å²) >= 11 is 1.84. The van der Waals surface area contributed by atoms with Gasteiger partial charge < -0.3 is 4.74 Å². The molecule has 0 aromatic heterocycles. The SMILES string of the molecule is Cc1ccc(SN2CCOCC2)cc1C. The Labute approximate surface area is 95.7 Å². The van der Waals surface area contributed by atoms with E-state index >= 15 is 0 Å². The molecule has 1 heterocycles. The highest BCUT2D eigenvalue weighted by molar-refractivity contribution is 7.97. The Balaban J connectivity index is 2.00. The van der Waals surface area contributed by atoms with Gasteiger partial charge in [-0.15, -0.1) is 0 Å². The molecule has 1 saturated heterocycles. The Hall–Kier alpha value is -0.510. The smallest absolute Gasteiger partial charge is 0.0603 e. The van der Waals surface area contributed by atoms with E-state index in [1.807, 2.05) is 11.9 Å². The Morgan fingerprint density at radius 2 is 1.87 bits per heavy atom. The first-order valence-corrected chi connectivity index (χ1v) is 6.11. The lowest BCUT2D eigenvalue weighted by Gasteiger charge is -2.25. The highest BCUT2D eigenvalue weighted by atomic mass is 32.2. The fourth-order valence-corrected chi connectivity index (χ4v) is 2.55. The van der Waals surface area contributed by atoms with Crippen molar-refractivity contribution in [2.24, 2.45) is 0 Å². The van der Waals surface area contributed by atoms with Crippen LogP contribution in [0.15, 0.2) is 23.1 Å². The highest BCUT2D eigenvalue weighted by Crippen LogP contribution is 2.25. The van der Waals surface area contributed by atoms with Crippen molar-refractivity contribution in [2.75, 3.05) is 26.3 Å². The van der Waals surface area contributed by atoms with Gasteiger partial charge in [0.1, 0.15) is 0 Å². The van der Waals surface area contributed by atoms with Gasteiger partial charge in [-0.1, -0.05) is 6.07 Å². The van der Waals surface area contributed by atoms with E-state index < -0.39 is 0 Å². The molecule has 0 bridgehead atoms. The summed E-state index contributed by atoms with van der Waals surface area (Å²) in [5, 5.41) is 0. The minimum atomic E-state index is 0.859. The van der Waals surface area contributed by atoms with Crippen molar-refractivity contribution in [3.8, 4) is 0 Å². The number of hydrogen-bond donors (Lipinski definition) is 0. The summed E-state index contributed by atoms with van der Waals surface area (Å²) in [5.74, 6) is 0. The lowest BCUT2D eigenvalue weighted by molar-refractivity contribution is 0.0773. The van der Waals surface area contributed by atoms with E-state index in [4.69, 9.17) is 4.74 Å². The molecule has 0 unspecified atom stereocenters. The van der Waals surface area contributed by atoms with E-state index in [0.717, 1.165) is 26.3 Å². The van der Waals surface area contributed by atoms with Crippen LogP contribution >= 0.6 is 11.9 Å². The number of nitrogens with zero attached hydrogens (tertiary/aromatic N) is 1. The fourth-order valence-electron chi connectivity index (χ4n) is 1.56. The van der Waals surface area contributed by atoms with E-state index in [-0.39, 0.29) is 0 Å². The van der Waals surface area contributed by atoms with Crippen molar-refractivity contribution in [2.45, 2.75) is 18.7 Å². The second-order valence-electron chi connectivity index (χ2n) is 3.88. The zero-order valence-electron chi connectivity index (χ0n) is 9.32. The van der Waals surface area contributed by atoms with Crippen LogP contribution in [-0.2, 0) is 4.74 Å². The van der Waals surface area contributed by atoms with Gasteiger partial charge in [-0.05, 0) is 49.1 Å². The van der Waals surface area contributed by atoms with Crippen LogP contribution in [0.5, 0.6) is 0 Å². The first-order valence-electron chi connectivity index (χ1n) is 5.33. The van der Waals surface area contributed by atoms with Gasteiger partial charge >= 0.3 is 0 Å². The predicted molar refractivity (Wildman–Crippen MR) is 64.2 cm³/mol. The van der Waals surface area contributed by atoms with Crippen LogP contribution in [0.1, 0.15) is 11.1 Å². The maximum Gasteiger partial charge on any atom is 0.0603 e. The van der Waals surface area contributed by atoms with E-state index in [2.05, 4.69) is 36.4 Å². The monoisotopic (exact) mass is 223 g/mol. The Morgan fingerprint density at radius 3 is 2.53 bits per heavy atom. The summed E-state index contributed by atoms with van der Waals surface area (Å²) in [6, 6.07) is 6.65. The van der Waals surface area contributed by atoms with E-state index in [0.29, 0.717) is 0 Å². The van der Waals surface area contributed by atoms with E-state index in [9.17, 15) is 0 Å². The molecule has 1 aliphatic rings. The average molecular weight is 223 g/mol. The number of rotatable bonds is 2. The topological polar surface area (TPSA) is 12.5 Å². The van der Waals surface area contributed by atoms with Crippen LogP contribution in [0.4, 0.5) is 0 Å². The Kier molecular flexibility index (Phi) is 3.67. The molecule has 1 aromatic carbocycles. The first-order chi connectivity index (χ1) is 7.25. The van der Waals surface area contributed by atoms with Crippen LogP contribution in [0, 0.1) is 13.8 Å². The van der Waals surface area contributed by atoms with Crippen LogP contribution in [0.3, 0.4) is 0 Å². The molecule has 2 rings (SSSR count). The predicted octanol–water partition coefficient (Wildman–Crippen LogP) is 2.64. The number of hydrogen-bond acceptors (Lipinski definition) is 3. The van der Waals surface area contributed by atoms with Gasteiger partial charge in [-0.3, -0.25) is 0 Å². The minimum absolute atomic E-state index is 0.859. The summed E-state index contributed by atoms with van der Waals surface area (Å²) in [4.78, 5) is 1.33. The molecule has 3 heteroatoms. The number of benzene rings is 1. The molecule has 1 aromatic rings. The lowest BCUT2D eigenvalue weighted by Crippen LogP contribution is -2.30. The molecule has 1 aliphatic heterocycles. The molecule has 82 valence electrons. The molecule has 2 nitrogen and oxygen atoms in total. The second-order valence-corrected chi connectivity index (χ2v) is 5.05. The molecule has 0 aliphatic carbocycles. The number of morpholine rings is 1. The van der Waals surface area contributed by atoms with Crippen molar-refractivity contribution in [1.29, 1.82) is 0 Å². The van der Waals surface area contributed by atoms with Gasteiger partial charge in [0, 0.05) is 18.0 Å². The number of ether oxygens (including phenoxy) is 1. The van der Waals surface area contributed by atoms with Crippen molar-refractivity contribution >= 4 is 11.9 Å².